The van der Waals surface area contributed by atoms with Gasteiger partial charge in [0.15, 0.2) is 6.29 Å². The molecule has 1 aromatic carbocycles. The van der Waals surface area contributed by atoms with Crippen LogP contribution in [-0.4, -0.2) is 37.3 Å². The maximum absolute atomic E-state index is 8.70. The van der Waals surface area contributed by atoms with Gasteiger partial charge >= 0.3 is 0 Å². The van der Waals surface area contributed by atoms with Crippen LogP contribution < -0.4 is 0 Å². The van der Waals surface area contributed by atoms with Crippen LogP contribution in [0.25, 0.3) is 0 Å². The Bertz CT molecular complexity index is 391. The molecule has 0 fully saturated rings. The molecule has 0 radical (unpaired) electrons. The quantitative estimate of drug-likeness (QED) is 0.475. The van der Waals surface area contributed by atoms with Crippen LogP contribution in [0.2, 0.25) is 0 Å². The Kier molecular flexibility index (Phi) is 10.6. The number of benzene rings is 1. The minimum Gasteiger partial charge on any atom is -0.392 e. The van der Waals surface area contributed by atoms with Gasteiger partial charge in [-0.15, -0.1) is 0 Å². The predicted octanol–water partition coefficient (Wildman–Crippen LogP) is 3.30. The first-order valence-electron chi connectivity index (χ1n) is 7.90. The largest absolute Gasteiger partial charge is 0.392 e. The number of rotatable bonds is 12. The highest BCUT2D eigenvalue weighted by molar-refractivity contribution is 5.13. The topological polar surface area (TPSA) is 47.9 Å². The summed E-state index contributed by atoms with van der Waals surface area (Å²) in [5, 5.41) is 8.70. The number of aliphatic hydroxyl groups excluding tert-OH is 1. The van der Waals surface area contributed by atoms with Crippen molar-refractivity contribution in [3.8, 4) is 0 Å². The average Bonchev–Trinajstić information content (AvgIpc) is 2.55. The lowest BCUT2D eigenvalue weighted by atomic mass is 10.2. The molecule has 0 saturated heterocycles. The van der Waals surface area contributed by atoms with Crippen LogP contribution in [0, 0.1) is 0 Å². The van der Waals surface area contributed by atoms with Crippen LogP contribution in [0.3, 0.4) is 0 Å². The minimum absolute atomic E-state index is 0.0737. The second-order valence-corrected chi connectivity index (χ2v) is 5.06. The Morgan fingerprint density at radius 3 is 2.64 bits per heavy atom. The Morgan fingerprint density at radius 2 is 1.95 bits per heavy atom. The lowest BCUT2D eigenvalue weighted by molar-refractivity contribution is -0.198. The van der Waals surface area contributed by atoms with E-state index in [0.717, 1.165) is 18.4 Å². The first-order valence-corrected chi connectivity index (χ1v) is 7.90. The maximum atomic E-state index is 8.70. The zero-order valence-electron chi connectivity index (χ0n) is 13.6. The predicted molar refractivity (Wildman–Crippen MR) is 87.5 cm³/mol. The van der Waals surface area contributed by atoms with Gasteiger partial charge in [-0.1, -0.05) is 42.5 Å². The summed E-state index contributed by atoms with van der Waals surface area (Å²) in [5.74, 6) is 0. The van der Waals surface area contributed by atoms with Gasteiger partial charge < -0.3 is 19.3 Å². The molecule has 0 spiro atoms. The van der Waals surface area contributed by atoms with Crippen LogP contribution in [0.15, 0.2) is 42.5 Å². The van der Waals surface area contributed by atoms with E-state index < -0.39 is 0 Å². The highest BCUT2D eigenvalue weighted by atomic mass is 16.7. The second-order valence-electron chi connectivity index (χ2n) is 5.06. The Morgan fingerprint density at radius 1 is 1.18 bits per heavy atom. The van der Waals surface area contributed by atoms with Crippen LogP contribution in [0.5, 0.6) is 0 Å². The maximum Gasteiger partial charge on any atom is 0.181 e. The van der Waals surface area contributed by atoms with Crippen molar-refractivity contribution in [1.82, 2.24) is 0 Å². The fourth-order valence-electron chi connectivity index (χ4n) is 1.95. The molecular formula is C18H28O4. The lowest BCUT2D eigenvalue weighted by Gasteiger charge is -2.22. The van der Waals surface area contributed by atoms with E-state index in [-0.39, 0.29) is 19.0 Å². The van der Waals surface area contributed by atoms with E-state index in [1.165, 1.54) is 0 Å². The first kappa shape index (κ1) is 18.8. The average molecular weight is 308 g/mol. The molecule has 1 N–H and O–H groups in total. The number of aliphatic hydroxyl groups is 1. The zero-order chi connectivity index (χ0) is 16.0. The molecule has 0 amide bonds. The zero-order valence-corrected chi connectivity index (χ0v) is 13.6. The Labute approximate surface area is 133 Å². The fraction of sp³-hybridized carbons (Fsp3) is 0.556. The van der Waals surface area contributed by atoms with Crippen molar-refractivity contribution < 1.29 is 19.3 Å². The number of hydrogen-bond acceptors (Lipinski definition) is 4. The molecule has 4 heteroatoms. The summed E-state index contributed by atoms with van der Waals surface area (Å²) in [6, 6.07) is 10.0. The van der Waals surface area contributed by atoms with Crippen molar-refractivity contribution in [3.63, 3.8) is 0 Å². The minimum atomic E-state index is -0.364. The summed E-state index contributed by atoms with van der Waals surface area (Å²) in [7, 11) is 0. The number of hydrogen-bond donors (Lipinski definition) is 1. The molecule has 0 saturated carbocycles. The smallest absolute Gasteiger partial charge is 0.181 e. The monoisotopic (exact) mass is 308 g/mol. The van der Waals surface area contributed by atoms with Crippen LogP contribution >= 0.6 is 0 Å². The third-order valence-corrected chi connectivity index (χ3v) is 3.13. The summed E-state index contributed by atoms with van der Waals surface area (Å²) in [6.07, 6.45) is 5.18. The molecule has 0 bridgehead atoms. The molecule has 0 aliphatic heterocycles. The summed E-state index contributed by atoms with van der Waals surface area (Å²) in [5.41, 5.74) is 1.12. The van der Waals surface area contributed by atoms with Crippen molar-refractivity contribution in [2.24, 2.45) is 0 Å². The van der Waals surface area contributed by atoms with Crippen LogP contribution in [0.4, 0.5) is 0 Å². The molecule has 22 heavy (non-hydrogen) atoms. The molecule has 124 valence electrons. The molecule has 0 aliphatic carbocycles. The van der Waals surface area contributed by atoms with Gasteiger partial charge in [-0.25, -0.2) is 0 Å². The first-order chi connectivity index (χ1) is 10.8. The van der Waals surface area contributed by atoms with Crippen molar-refractivity contribution in [2.75, 3.05) is 19.8 Å². The molecule has 2 atom stereocenters. The van der Waals surface area contributed by atoms with Gasteiger partial charge in [0, 0.05) is 6.61 Å². The molecule has 1 aromatic rings. The van der Waals surface area contributed by atoms with E-state index in [2.05, 4.69) is 0 Å². The van der Waals surface area contributed by atoms with E-state index >= 15 is 0 Å². The molecule has 1 unspecified atom stereocenters. The summed E-state index contributed by atoms with van der Waals surface area (Å²) < 4.78 is 17.2. The molecular weight excluding hydrogens is 280 g/mol. The molecule has 0 aromatic heterocycles. The van der Waals surface area contributed by atoms with Crippen molar-refractivity contribution in [2.45, 2.75) is 45.7 Å². The molecule has 0 aliphatic rings. The van der Waals surface area contributed by atoms with Crippen LogP contribution in [0.1, 0.15) is 32.3 Å². The SMILES string of the molecule is CCOCC(OCc1ccccc1)O[C@H](C)CCC=CCO. The van der Waals surface area contributed by atoms with Crippen molar-refractivity contribution in [3.05, 3.63) is 48.0 Å². The number of ether oxygens (including phenoxy) is 3. The molecule has 4 nitrogen and oxygen atoms in total. The van der Waals surface area contributed by atoms with E-state index in [1.807, 2.05) is 50.3 Å². The summed E-state index contributed by atoms with van der Waals surface area (Å²) in [4.78, 5) is 0. The highest BCUT2D eigenvalue weighted by Crippen LogP contribution is 2.10. The highest BCUT2D eigenvalue weighted by Gasteiger charge is 2.14. The van der Waals surface area contributed by atoms with Gasteiger partial charge in [0.1, 0.15) is 0 Å². The van der Waals surface area contributed by atoms with Crippen molar-refractivity contribution in [1.29, 1.82) is 0 Å². The fourth-order valence-corrected chi connectivity index (χ4v) is 1.95. The van der Waals surface area contributed by atoms with Crippen LogP contribution in [-0.2, 0) is 20.8 Å². The van der Waals surface area contributed by atoms with Gasteiger partial charge in [0.25, 0.3) is 0 Å². The van der Waals surface area contributed by atoms with Gasteiger partial charge in [-0.2, -0.15) is 0 Å². The van der Waals surface area contributed by atoms with Gasteiger partial charge in [-0.3, -0.25) is 0 Å². The van der Waals surface area contributed by atoms with E-state index in [0.29, 0.717) is 19.8 Å². The van der Waals surface area contributed by atoms with Crippen molar-refractivity contribution >= 4 is 0 Å². The third-order valence-electron chi connectivity index (χ3n) is 3.13. The third kappa shape index (κ3) is 8.95. The second kappa shape index (κ2) is 12.4. The number of allylic oxidation sites excluding steroid dienone is 1. The Hall–Kier alpha value is -1.20. The van der Waals surface area contributed by atoms with Gasteiger partial charge in [-0.05, 0) is 32.3 Å². The Balaban J connectivity index is 2.37. The van der Waals surface area contributed by atoms with E-state index in [4.69, 9.17) is 19.3 Å². The van der Waals surface area contributed by atoms with Gasteiger partial charge in [0.2, 0.25) is 0 Å². The summed E-state index contributed by atoms with van der Waals surface area (Å²) in [6.45, 7) is 5.65. The molecule has 1 rings (SSSR count). The lowest BCUT2D eigenvalue weighted by Crippen LogP contribution is -2.27. The standard InChI is InChI=1S/C18H28O4/c1-3-20-15-18(21-14-17-11-7-4-8-12-17)22-16(2)10-6-5-9-13-19/h4-5,7-9,11-12,16,18-19H,3,6,10,13-15H2,1-2H3/t16-,18?/m1/s1. The van der Waals surface area contributed by atoms with Gasteiger partial charge in [0.05, 0.1) is 25.9 Å². The van der Waals surface area contributed by atoms with E-state index in [1.54, 1.807) is 6.08 Å². The van der Waals surface area contributed by atoms with E-state index in [9.17, 15) is 0 Å². The summed E-state index contributed by atoms with van der Waals surface area (Å²) >= 11 is 0. The normalized spacial score (nSPS) is 14.3. The molecule has 0 heterocycles.